The molecule has 1 aliphatic heterocycles. The number of nitrogens with zero attached hydrogens (tertiary/aromatic N) is 4. The van der Waals surface area contributed by atoms with Crippen LogP contribution >= 0.6 is 0 Å². The molecule has 3 atom stereocenters. The van der Waals surface area contributed by atoms with Gasteiger partial charge in [-0.2, -0.15) is 10.2 Å². The number of hydrogen-bond acceptors (Lipinski definition) is 6. The van der Waals surface area contributed by atoms with E-state index >= 15 is 0 Å². The molecule has 0 aliphatic carbocycles. The minimum absolute atomic E-state index is 0.388. The first kappa shape index (κ1) is 25.2. The average Bonchev–Trinajstić information content (AvgIpc) is 3.10. The van der Waals surface area contributed by atoms with Crippen LogP contribution in [0.4, 0.5) is 0 Å². The quantitative estimate of drug-likeness (QED) is 0.401. The number of aldehydes is 1. The number of allylic oxidation sites excluding steroid dienone is 1. The van der Waals surface area contributed by atoms with Crippen molar-refractivity contribution in [3.05, 3.63) is 59.8 Å². The van der Waals surface area contributed by atoms with E-state index in [0.717, 1.165) is 49.3 Å². The van der Waals surface area contributed by atoms with Crippen LogP contribution in [-0.4, -0.2) is 78.3 Å². The zero-order valence-corrected chi connectivity index (χ0v) is 20.7. The number of carbonyl (C=O) groups excluding carboxylic acids is 1. The fraction of sp³-hybridized carbons (Fsp3) is 0.519. The maximum absolute atomic E-state index is 11.6. The summed E-state index contributed by atoms with van der Waals surface area (Å²) >= 11 is 0. The number of ether oxygens (including phenoxy) is 1. The van der Waals surface area contributed by atoms with Crippen molar-refractivity contribution in [1.82, 2.24) is 20.0 Å². The fourth-order valence-corrected chi connectivity index (χ4v) is 4.56. The summed E-state index contributed by atoms with van der Waals surface area (Å²) in [4.78, 5) is 16.3. The highest BCUT2D eigenvalue weighted by Gasteiger charge is 2.30. The Morgan fingerprint density at radius 1 is 1.24 bits per heavy atom. The molecule has 1 aromatic carbocycles. The van der Waals surface area contributed by atoms with E-state index in [9.17, 15) is 4.79 Å². The van der Waals surface area contributed by atoms with Gasteiger partial charge in [-0.05, 0) is 58.0 Å². The lowest BCUT2D eigenvalue weighted by Gasteiger charge is -2.35. The van der Waals surface area contributed by atoms with Crippen molar-refractivity contribution in [2.24, 2.45) is 0 Å². The van der Waals surface area contributed by atoms with Crippen LogP contribution in [-0.2, 0) is 9.53 Å². The summed E-state index contributed by atoms with van der Waals surface area (Å²) in [6.07, 6.45) is 7.35. The van der Waals surface area contributed by atoms with Crippen LogP contribution in [0, 0.1) is 6.92 Å². The third kappa shape index (κ3) is 6.56. The van der Waals surface area contributed by atoms with Crippen molar-refractivity contribution in [3.63, 3.8) is 0 Å². The summed E-state index contributed by atoms with van der Waals surface area (Å²) in [5.74, 6) is 0.411. The van der Waals surface area contributed by atoms with Crippen LogP contribution in [0.3, 0.4) is 0 Å². The summed E-state index contributed by atoms with van der Waals surface area (Å²) in [5.41, 5.74) is 3.55. The Balaban J connectivity index is 1.56. The van der Waals surface area contributed by atoms with Gasteiger partial charge in [0.2, 0.25) is 0 Å². The van der Waals surface area contributed by atoms with E-state index in [1.165, 1.54) is 5.56 Å². The van der Waals surface area contributed by atoms with Crippen LogP contribution in [0.25, 0.3) is 11.3 Å². The predicted octanol–water partition coefficient (Wildman–Crippen LogP) is 4.11. The lowest BCUT2D eigenvalue weighted by molar-refractivity contribution is -0.130. The van der Waals surface area contributed by atoms with Crippen molar-refractivity contribution >= 4 is 6.29 Å². The van der Waals surface area contributed by atoms with Crippen molar-refractivity contribution in [2.75, 3.05) is 40.3 Å². The van der Waals surface area contributed by atoms with Gasteiger partial charge in [0.05, 0.1) is 11.4 Å². The molecule has 0 bridgehead atoms. The van der Waals surface area contributed by atoms with Crippen LogP contribution in [0.1, 0.15) is 43.9 Å². The zero-order valence-electron chi connectivity index (χ0n) is 20.7. The highest BCUT2D eigenvalue weighted by atomic mass is 16.5. The highest BCUT2D eigenvalue weighted by Crippen LogP contribution is 2.27. The van der Waals surface area contributed by atoms with E-state index in [0.29, 0.717) is 24.9 Å². The molecule has 6 heteroatoms. The second kappa shape index (κ2) is 11.6. The standard InChI is InChI=1S/C27H38N4O2/c1-6-27(20-32,33-5)19-30(4)18-22(3)31-16-7-8-23(15-17-31)24-10-12-25(13-11-24)26-14-9-21(2)28-29-26/h7-14,20,22-23H,6,15-19H2,1-5H3/t22?,23?,27-/m0/s1. The van der Waals surface area contributed by atoms with Crippen LogP contribution < -0.4 is 0 Å². The topological polar surface area (TPSA) is 58.6 Å². The first-order valence-corrected chi connectivity index (χ1v) is 11.9. The highest BCUT2D eigenvalue weighted by molar-refractivity contribution is 5.63. The SMILES string of the molecule is CC[C@@](C=O)(CN(C)CC(C)N1CC=CC(c2ccc(-c3ccc(C)nn3)cc2)CC1)OC. The molecule has 33 heavy (non-hydrogen) atoms. The molecule has 6 nitrogen and oxygen atoms in total. The Morgan fingerprint density at radius 3 is 2.61 bits per heavy atom. The number of likely N-dealkylation sites (N-methyl/N-ethyl adjacent to an activating group) is 1. The summed E-state index contributed by atoms with van der Waals surface area (Å²) in [7, 11) is 3.69. The number of rotatable bonds is 10. The molecule has 0 fully saturated rings. The van der Waals surface area contributed by atoms with E-state index < -0.39 is 5.60 Å². The maximum atomic E-state index is 11.6. The molecule has 0 spiro atoms. The summed E-state index contributed by atoms with van der Waals surface area (Å²) in [5, 5.41) is 8.46. The van der Waals surface area contributed by atoms with Gasteiger partial charge in [-0.25, -0.2) is 0 Å². The third-order valence-corrected chi connectivity index (χ3v) is 6.82. The molecule has 0 N–H and O–H groups in total. The Kier molecular flexibility index (Phi) is 8.89. The summed E-state index contributed by atoms with van der Waals surface area (Å²) in [6.45, 7) is 9.69. The molecule has 1 aromatic heterocycles. The molecule has 0 saturated carbocycles. The zero-order chi connectivity index (χ0) is 23.8. The molecule has 2 heterocycles. The third-order valence-electron chi connectivity index (χ3n) is 6.82. The first-order chi connectivity index (χ1) is 15.9. The van der Waals surface area contributed by atoms with E-state index in [2.05, 4.69) is 70.4 Å². The molecule has 1 aliphatic rings. The smallest absolute Gasteiger partial charge is 0.153 e. The van der Waals surface area contributed by atoms with Crippen molar-refractivity contribution in [3.8, 4) is 11.3 Å². The molecule has 0 radical (unpaired) electrons. The van der Waals surface area contributed by atoms with E-state index in [1.54, 1.807) is 7.11 Å². The molecular formula is C27H38N4O2. The van der Waals surface area contributed by atoms with Gasteiger partial charge < -0.3 is 14.4 Å². The van der Waals surface area contributed by atoms with Gasteiger partial charge in [0.15, 0.2) is 6.29 Å². The number of aromatic nitrogens is 2. The molecule has 2 aromatic rings. The second-order valence-corrected chi connectivity index (χ2v) is 9.29. The van der Waals surface area contributed by atoms with Gasteiger partial charge in [-0.3, -0.25) is 4.90 Å². The van der Waals surface area contributed by atoms with Gasteiger partial charge in [-0.1, -0.05) is 43.3 Å². The van der Waals surface area contributed by atoms with Crippen LogP contribution in [0.15, 0.2) is 48.6 Å². The molecule has 0 amide bonds. The second-order valence-electron chi connectivity index (χ2n) is 9.29. The molecule has 0 saturated heterocycles. The lowest BCUT2D eigenvalue weighted by atomic mass is 9.94. The van der Waals surface area contributed by atoms with Gasteiger partial charge in [0, 0.05) is 44.3 Å². The van der Waals surface area contributed by atoms with Crippen molar-refractivity contribution in [1.29, 1.82) is 0 Å². The number of hydrogen-bond donors (Lipinski definition) is 0. The normalized spacial score (nSPS) is 19.8. The van der Waals surface area contributed by atoms with Gasteiger partial charge >= 0.3 is 0 Å². The number of aryl methyl sites for hydroxylation is 1. The van der Waals surface area contributed by atoms with E-state index in [1.807, 2.05) is 26.0 Å². The van der Waals surface area contributed by atoms with Crippen LogP contribution in [0.2, 0.25) is 0 Å². The van der Waals surface area contributed by atoms with Crippen molar-refractivity contribution < 1.29 is 9.53 Å². The largest absolute Gasteiger partial charge is 0.369 e. The monoisotopic (exact) mass is 450 g/mol. The molecule has 178 valence electrons. The Labute approximate surface area is 198 Å². The van der Waals surface area contributed by atoms with Gasteiger partial charge in [-0.15, -0.1) is 0 Å². The Morgan fingerprint density at radius 2 is 2.00 bits per heavy atom. The number of benzene rings is 1. The van der Waals surface area contributed by atoms with Gasteiger partial charge in [0.25, 0.3) is 0 Å². The number of carbonyl (C=O) groups is 1. The predicted molar refractivity (Wildman–Crippen MR) is 133 cm³/mol. The van der Waals surface area contributed by atoms with Gasteiger partial charge in [0.1, 0.15) is 5.60 Å². The van der Waals surface area contributed by atoms with E-state index in [-0.39, 0.29) is 0 Å². The molecule has 2 unspecified atom stereocenters. The fourth-order valence-electron chi connectivity index (χ4n) is 4.56. The average molecular weight is 451 g/mol. The Hall–Kier alpha value is -2.41. The van der Waals surface area contributed by atoms with Crippen LogP contribution in [0.5, 0.6) is 0 Å². The lowest BCUT2D eigenvalue weighted by Crippen LogP contribution is -2.48. The minimum atomic E-state index is -0.714. The van der Waals surface area contributed by atoms with E-state index in [4.69, 9.17) is 4.74 Å². The first-order valence-electron chi connectivity index (χ1n) is 11.9. The minimum Gasteiger partial charge on any atom is -0.369 e. The maximum Gasteiger partial charge on any atom is 0.153 e. The summed E-state index contributed by atoms with van der Waals surface area (Å²) in [6, 6.07) is 13.1. The molecular weight excluding hydrogens is 412 g/mol. The number of methoxy groups -OCH3 is 1. The van der Waals surface area contributed by atoms with Crippen molar-refractivity contribution in [2.45, 2.75) is 51.2 Å². The Bertz CT molecular complexity index is 907. The summed E-state index contributed by atoms with van der Waals surface area (Å²) < 4.78 is 5.52. The molecule has 3 rings (SSSR count).